The lowest BCUT2D eigenvalue weighted by molar-refractivity contribution is 0.102. The van der Waals surface area contributed by atoms with Crippen molar-refractivity contribution in [2.45, 2.75) is 6.92 Å². The molecule has 0 saturated heterocycles. The number of nitrogens with one attached hydrogen (secondary N) is 1. The molecule has 0 unspecified atom stereocenters. The fourth-order valence-corrected chi connectivity index (χ4v) is 3.42. The van der Waals surface area contributed by atoms with Gasteiger partial charge in [-0.2, -0.15) is 0 Å². The lowest BCUT2D eigenvalue weighted by Gasteiger charge is -2.14. The second-order valence-electron chi connectivity index (χ2n) is 7.00. The van der Waals surface area contributed by atoms with E-state index < -0.39 is 0 Å². The average molecular weight is 414 g/mol. The molecule has 0 aliphatic carbocycles. The highest BCUT2D eigenvalue weighted by molar-refractivity contribution is 6.06. The SMILES string of the molecule is COc1ccc(OC)c(NC(=O)c2ccc(C)c(-c3nc(N)nc4ccccc34)c2)c1. The van der Waals surface area contributed by atoms with Crippen LogP contribution in [0.1, 0.15) is 15.9 Å². The van der Waals surface area contributed by atoms with E-state index >= 15 is 0 Å². The summed E-state index contributed by atoms with van der Waals surface area (Å²) in [5.41, 5.74) is 10.2. The van der Waals surface area contributed by atoms with Crippen molar-refractivity contribution in [3.63, 3.8) is 0 Å². The maximum Gasteiger partial charge on any atom is 0.255 e. The summed E-state index contributed by atoms with van der Waals surface area (Å²) in [5, 5.41) is 3.77. The van der Waals surface area contributed by atoms with Crippen molar-refractivity contribution >= 4 is 28.4 Å². The molecule has 3 N–H and O–H groups in total. The molecule has 0 saturated carbocycles. The number of nitrogens with zero attached hydrogens (tertiary/aromatic N) is 2. The molecule has 156 valence electrons. The van der Waals surface area contributed by atoms with Gasteiger partial charge in [0.1, 0.15) is 11.5 Å². The number of aryl methyl sites for hydroxylation is 1. The summed E-state index contributed by atoms with van der Waals surface area (Å²) in [5.74, 6) is 1.06. The van der Waals surface area contributed by atoms with Gasteiger partial charge in [-0.3, -0.25) is 4.79 Å². The molecule has 0 aliphatic rings. The van der Waals surface area contributed by atoms with Crippen LogP contribution < -0.4 is 20.5 Å². The van der Waals surface area contributed by atoms with E-state index in [9.17, 15) is 4.79 Å². The van der Waals surface area contributed by atoms with Crippen LogP contribution in [0.15, 0.2) is 60.7 Å². The summed E-state index contributed by atoms with van der Waals surface area (Å²) >= 11 is 0. The van der Waals surface area contributed by atoms with Crippen LogP contribution in [0.4, 0.5) is 11.6 Å². The van der Waals surface area contributed by atoms with Crippen LogP contribution in [-0.2, 0) is 0 Å². The van der Waals surface area contributed by atoms with Crippen LogP contribution in [-0.4, -0.2) is 30.1 Å². The number of rotatable bonds is 5. The van der Waals surface area contributed by atoms with E-state index in [0.29, 0.717) is 28.4 Å². The largest absolute Gasteiger partial charge is 0.497 e. The number of aromatic nitrogens is 2. The van der Waals surface area contributed by atoms with Crippen molar-refractivity contribution in [1.82, 2.24) is 9.97 Å². The van der Waals surface area contributed by atoms with E-state index in [0.717, 1.165) is 22.0 Å². The van der Waals surface area contributed by atoms with Crippen LogP contribution in [0.25, 0.3) is 22.2 Å². The smallest absolute Gasteiger partial charge is 0.255 e. The minimum atomic E-state index is -0.279. The molecule has 0 atom stereocenters. The summed E-state index contributed by atoms with van der Waals surface area (Å²) in [6.45, 7) is 1.97. The van der Waals surface area contributed by atoms with E-state index in [4.69, 9.17) is 15.2 Å². The topological polar surface area (TPSA) is 99.4 Å². The quantitative estimate of drug-likeness (QED) is 0.500. The van der Waals surface area contributed by atoms with Gasteiger partial charge in [0, 0.05) is 22.6 Å². The number of para-hydroxylation sites is 1. The average Bonchev–Trinajstić information content (AvgIpc) is 2.78. The van der Waals surface area contributed by atoms with Gasteiger partial charge in [0.2, 0.25) is 5.95 Å². The van der Waals surface area contributed by atoms with E-state index in [2.05, 4.69) is 15.3 Å². The Balaban J connectivity index is 1.75. The fourth-order valence-electron chi connectivity index (χ4n) is 3.42. The minimum Gasteiger partial charge on any atom is -0.497 e. The van der Waals surface area contributed by atoms with Crippen LogP contribution in [0.3, 0.4) is 0 Å². The second kappa shape index (κ2) is 8.31. The first-order chi connectivity index (χ1) is 15.0. The monoisotopic (exact) mass is 414 g/mol. The van der Waals surface area contributed by atoms with Gasteiger partial charge in [-0.05, 0) is 42.8 Å². The molecule has 3 aromatic carbocycles. The maximum absolute atomic E-state index is 13.0. The number of hydrogen-bond donors (Lipinski definition) is 2. The number of fused-ring (bicyclic) bond motifs is 1. The van der Waals surface area contributed by atoms with Gasteiger partial charge in [-0.25, -0.2) is 9.97 Å². The number of methoxy groups -OCH3 is 2. The molecule has 1 heterocycles. The standard InChI is InChI=1S/C24H22N4O3/c1-14-8-9-15(23(29)26-20-13-16(30-2)10-11-21(20)31-3)12-18(14)22-17-6-4-5-7-19(17)27-24(25)28-22/h4-13H,1-3H3,(H,26,29)(H2,25,27,28). The molecule has 0 radical (unpaired) electrons. The van der Waals surface area contributed by atoms with Crippen molar-refractivity contribution in [3.8, 4) is 22.8 Å². The Morgan fingerprint density at radius 2 is 1.77 bits per heavy atom. The number of amides is 1. The van der Waals surface area contributed by atoms with Gasteiger partial charge in [0.15, 0.2) is 0 Å². The van der Waals surface area contributed by atoms with Crippen molar-refractivity contribution < 1.29 is 14.3 Å². The Hall–Kier alpha value is -4.13. The zero-order chi connectivity index (χ0) is 22.0. The van der Waals surface area contributed by atoms with E-state index in [-0.39, 0.29) is 11.9 Å². The van der Waals surface area contributed by atoms with Crippen LogP contribution in [0.5, 0.6) is 11.5 Å². The Morgan fingerprint density at radius 1 is 0.968 bits per heavy atom. The van der Waals surface area contributed by atoms with E-state index in [1.54, 1.807) is 38.5 Å². The summed E-state index contributed by atoms with van der Waals surface area (Å²) in [6.07, 6.45) is 0. The number of carbonyl (C=O) groups excluding carboxylic acids is 1. The maximum atomic E-state index is 13.0. The molecule has 1 amide bonds. The van der Waals surface area contributed by atoms with Crippen LogP contribution >= 0.6 is 0 Å². The molecular formula is C24H22N4O3. The Labute approximate surface area is 179 Å². The molecule has 31 heavy (non-hydrogen) atoms. The van der Waals surface area contributed by atoms with E-state index in [1.165, 1.54) is 0 Å². The summed E-state index contributed by atoms with van der Waals surface area (Å²) in [4.78, 5) is 21.8. The second-order valence-corrected chi connectivity index (χ2v) is 7.00. The number of hydrogen-bond acceptors (Lipinski definition) is 6. The Kier molecular flexibility index (Phi) is 5.41. The van der Waals surface area contributed by atoms with Gasteiger partial charge in [0.05, 0.1) is 31.1 Å². The van der Waals surface area contributed by atoms with Crippen LogP contribution in [0.2, 0.25) is 0 Å². The molecular weight excluding hydrogens is 392 g/mol. The molecule has 7 heteroatoms. The first kappa shape index (κ1) is 20.2. The third-order valence-electron chi connectivity index (χ3n) is 5.03. The van der Waals surface area contributed by atoms with Gasteiger partial charge < -0.3 is 20.5 Å². The first-order valence-electron chi connectivity index (χ1n) is 9.67. The summed E-state index contributed by atoms with van der Waals surface area (Å²) in [7, 11) is 3.11. The number of nitrogens with two attached hydrogens (primary N) is 1. The lowest BCUT2D eigenvalue weighted by Crippen LogP contribution is -2.13. The van der Waals surface area contributed by atoms with Crippen molar-refractivity contribution in [1.29, 1.82) is 0 Å². The van der Waals surface area contributed by atoms with Gasteiger partial charge in [-0.15, -0.1) is 0 Å². The number of ether oxygens (including phenoxy) is 2. The van der Waals surface area contributed by atoms with Gasteiger partial charge in [0.25, 0.3) is 5.91 Å². The molecule has 0 aliphatic heterocycles. The Morgan fingerprint density at radius 3 is 2.55 bits per heavy atom. The number of benzene rings is 3. The minimum absolute atomic E-state index is 0.184. The number of nitrogen functional groups attached to an aromatic ring is 1. The first-order valence-corrected chi connectivity index (χ1v) is 9.67. The van der Waals surface area contributed by atoms with Gasteiger partial charge >= 0.3 is 0 Å². The van der Waals surface area contributed by atoms with Crippen molar-refractivity contribution in [2.75, 3.05) is 25.3 Å². The van der Waals surface area contributed by atoms with Gasteiger partial charge in [-0.1, -0.05) is 24.3 Å². The van der Waals surface area contributed by atoms with Crippen LogP contribution in [0, 0.1) is 6.92 Å². The van der Waals surface area contributed by atoms with Crippen molar-refractivity contribution in [2.24, 2.45) is 0 Å². The highest BCUT2D eigenvalue weighted by atomic mass is 16.5. The fraction of sp³-hybridized carbons (Fsp3) is 0.125. The number of anilines is 2. The van der Waals surface area contributed by atoms with E-state index in [1.807, 2.05) is 43.3 Å². The Bertz CT molecular complexity index is 1290. The molecule has 0 fully saturated rings. The molecule has 4 aromatic rings. The molecule has 4 rings (SSSR count). The zero-order valence-corrected chi connectivity index (χ0v) is 17.5. The lowest BCUT2D eigenvalue weighted by atomic mass is 9.99. The molecule has 1 aromatic heterocycles. The summed E-state index contributed by atoms with van der Waals surface area (Å²) < 4.78 is 10.6. The highest BCUT2D eigenvalue weighted by Gasteiger charge is 2.16. The molecule has 0 bridgehead atoms. The third-order valence-corrected chi connectivity index (χ3v) is 5.03. The summed E-state index contributed by atoms with van der Waals surface area (Å²) in [6, 6.07) is 18.3. The van der Waals surface area contributed by atoms with Crippen molar-refractivity contribution in [3.05, 3.63) is 71.8 Å². The predicted octanol–water partition coefficient (Wildman–Crippen LogP) is 4.46. The normalized spacial score (nSPS) is 10.7. The third kappa shape index (κ3) is 3.98. The predicted molar refractivity (Wildman–Crippen MR) is 122 cm³/mol. The zero-order valence-electron chi connectivity index (χ0n) is 17.5. The molecule has 7 nitrogen and oxygen atoms in total. The number of carbonyl (C=O) groups is 1. The molecule has 0 spiro atoms. The highest BCUT2D eigenvalue weighted by Crippen LogP contribution is 2.32.